The average molecular weight is 461 g/mol. The summed E-state index contributed by atoms with van der Waals surface area (Å²) in [4.78, 5) is 36.8. The molecule has 1 atom stereocenters. The van der Waals surface area contributed by atoms with Crippen molar-refractivity contribution in [1.29, 1.82) is 0 Å². The van der Waals surface area contributed by atoms with Crippen molar-refractivity contribution in [1.82, 2.24) is 4.90 Å². The Kier molecular flexibility index (Phi) is 5.51. The first-order valence-corrected chi connectivity index (χ1v) is 11.3. The number of para-hydroxylation sites is 1. The predicted octanol–water partition coefficient (Wildman–Crippen LogP) is 5.04. The maximum Gasteiger partial charge on any atom is 0.263 e. The zero-order valence-electron chi connectivity index (χ0n) is 16.7. The van der Waals surface area contributed by atoms with Gasteiger partial charge < -0.3 is 5.32 Å². The summed E-state index contributed by atoms with van der Waals surface area (Å²) in [6.45, 7) is 0. The Hall–Kier alpha value is -3.42. The molecule has 158 valence electrons. The quantitative estimate of drug-likeness (QED) is 0.592. The van der Waals surface area contributed by atoms with Crippen LogP contribution in [-0.4, -0.2) is 33.5 Å². The fraction of sp³-hybridized carbons (Fsp3) is 0.0833. The van der Waals surface area contributed by atoms with Gasteiger partial charge in [-0.05, 0) is 35.9 Å². The van der Waals surface area contributed by atoms with Crippen molar-refractivity contribution in [3.63, 3.8) is 0 Å². The number of carbonyl (C=O) groups excluding carboxylic acids is 2. The highest BCUT2D eigenvalue weighted by atomic mass is 35.5. The summed E-state index contributed by atoms with van der Waals surface area (Å²) < 4.78 is 0. The van der Waals surface area contributed by atoms with E-state index >= 15 is 0 Å². The van der Waals surface area contributed by atoms with Crippen LogP contribution < -0.4 is 5.32 Å². The molecule has 32 heavy (non-hydrogen) atoms. The van der Waals surface area contributed by atoms with Crippen molar-refractivity contribution in [2.75, 3.05) is 11.1 Å². The standard InChI is InChI=1S/C24H17ClN4O2S/c25-16-9-6-10-17(13-16)26-20(30)14-32-24-27-19-12-5-4-11-18(19)22-28-21(23(31)29(22)24)15-7-2-1-3-8-15/h1-13,21H,14H2,(H,26,30)/t21-/m0/s1. The van der Waals surface area contributed by atoms with Crippen LogP contribution in [-0.2, 0) is 9.59 Å². The molecule has 0 saturated carbocycles. The maximum absolute atomic E-state index is 13.3. The van der Waals surface area contributed by atoms with Gasteiger partial charge in [-0.1, -0.05) is 71.9 Å². The van der Waals surface area contributed by atoms with E-state index in [1.165, 1.54) is 16.7 Å². The fourth-order valence-electron chi connectivity index (χ4n) is 3.59. The summed E-state index contributed by atoms with van der Waals surface area (Å²) >= 11 is 7.18. The van der Waals surface area contributed by atoms with Crippen molar-refractivity contribution in [3.05, 3.63) is 95.0 Å². The number of amidine groups is 2. The minimum atomic E-state index is -0.636. The number of nitrogens with zero attached hydrogens (tertiary/aromatic N) is 3. The van der Waals surface area contributed by atoms with Crippen LogP contribution in [0.2, 0.25) is 5.02 Å². The van der Waals surface area contributed by atoms with Crippen LogP contribution in [0.15, 0.2) is 88.8 Å². The highest BCUT2D eigenvalue weighted by molar-refractivity contribution is 8.14. The predicted molar refractivity (Wildman–Crippen MR) is 129 cm³/mol. The Labute approximate surface area is 194 Å². The zero-order valence-corrected chi connectivity index (χ0v) is 18.3. The highest BCUT2D eigenvalue weighted by Gasteiger charge is 2.42. The summed E-state index contributed by atoms with van der Waals surface area (Å²) in [5, 5.41) is 3.79. The fourth-order valence-corrected chi connectivity index (χ4v) is 4.58. The van der Waals surface area contributed by atoms with Crippen molar-refractivity contribution in [3.8, 4) is 0 Å². The van der Waals surface area contributed by atoms with Crippen molar-refractivity contribution in [2.24, 2.45) is 9.98 Å². The van der Waals surface area contributed by atoms with Gasteiger partial charge in [-0.3, -0.25) is 9.59 Å². The van der Waals surface area contributed by atoms with Crippen molar-refractivity contribution in [2.45, 2.75) is 6.04 Å². The first-order valence-electron chi connectivity index (χ1n) is 9.93. The molecule has 2 amide bonds. The number of fused-ring (bicyclic) bond motifs is 3. The number of hydrogen-bond acceptors (Lipinski definition) is 5. The van der Waals surface area contributed by atoms with Crippen LogP contribution in [0.4, 0.5) is 11.4 Å². The lowest BCUT2D eigenvalue weighted by atomic mass is 10.1. The number of hydrogen-bond donors (Lipinski definition) is 1. The lowest BCUT2D eigenvalue weighted by molar-refractivity contribution is -0.124. The van der Waals surface area contributed by atoms with E-state index in [9.17, 15) is 9.59 Å². The second-order valence-electron chi connectivity index (χ2n) is 7.20. The van der Waals surface area contributed by atoms with Gasteiger partial charge >= 0.3 is 0 Å². The van der Waals surface area contributed by atoms with Crippen LogP contribution in [0.3, 0.4) is 0 Å². The van der Waals surface area contributed by atoms with Gasteiger partial charge in [0.1, 0.15) is 5.84 Å². The molecule has 3 aromatic rings. The summed E-state index contributed by atoms with van der Waals surface area (Å²) in [5.74, 6) is 0.249. The number of aliphatic imine (C=N–C) groups is 2. The normalized spacial score (nSPS) is 16.7. The van der Waals surface area contributed by atoms with Gasteiger partial charge in [0.15, 0.2) is 11.2 Å². The number of benzene rings is 3. The van der Waals surface area contributed by atoms with Gasteiger partial charge in [0.2, 0.25) is 5.91 Å². The second-order valence-corrected chi connectivity index (χ2v) is 8.58. The number of halogens is 1. The van der Waals surface area contributed by atoms with Crippen molar-refractivity contribution < 1.29 is 9.59 Å². The molecular weight excluding hydrogens is 444 g/mol. The SMILES string of the molecule is O=C(CSC1=Nc2ccccc2C2=N[C@@H](c3ccccc3)C(=O)N12)Nc1cccc(Cl)c1. The van der Waals surface area contributed by atoms with Gasteiger partial charge in [0.25, 0.3) is 5.91 Å². The molecule has 0 unspecified atom stereocenters. The number of anilines is 1. The average Bonchev–Trinajstić information content (AvgIpc) is 3.16. The second kappa shape index (κ2) is 8.61. The van der Waals surface area contributed by atoms with E-state index in [-0.39, 0.29) is 17.6 Å². The van der Waals surface area contributed by atoms with Crippen LogP contribution in [0.25, 0.3) is 0 Å². The van der Waals surface area contributed by atoms with E-state index in [4.69, 9.17) is 16.6 Å². The first-order chi connectivity index (χ1) is 15.6. The molecular formula is C24H17ClN4O2S. The topological polar surface area (TPSA) is 74.1 Å². The molecule has 0 radical (unpaired) electrons. The van der Waals surface area contributed by atoms with Gasteiger partial charge in [-0.2, -0.15) is 0 Å². The van der Waals surface area contributed by atoms with Gasteiger partial charge in [0, 0.05) is 16.3 Å². The maximum atomic E-state index is 13.3. The van der Waals surface area contributed by atoms with E-state index in [1.54, 1.807) is 24.3 Å². The zero-order chi connectivity index (χ0) is 22.1. The summed E-state index contributed by atoms with van der Waals surface area (Å²) in [5.41, 5.74) is 2.95. The molecule has 2 heterocycles. The smallest absolute Gasteiger partial charge is 0.263 e. The number of rotatable bonds is 4. The Morgan fingerprint density at radius 3 is 2.62 bits per heavy atom. The Morgan fingerprint density at radius 1 is 1.03 bits per heavy atom. The molecule has 3 aromatic carbocycles. The monoisotopic (exact) mass is 460 g/mol. The van der Waals surface area contributed by atoms with Crippen LogP contribution in [0.5, 0.6) is 0 Å². The van der Waals surface area contributed by atoms with E-state index in [0.717, 1.165) is 16.8 Å². The molecule has 0 fully saturated rings. The molecule has 0 bridgehead atoms. The van der Waals surface area contributed by atoms with Crippen LogP contribution >= 0.6 is 23.4 Å². The van der Waals surface area contributed by atoms with Gasteiger partial charge in [-0.25, -0.2) is 14.9 Å². The summed E-state index contributed by atoms with van der Waals surface area (Å²) in [7, 11) is 0. The third kappa shape index (κ3) is 3.92. The largest absolute Gasteiger partial charge is 0.325 e. The molecule has 0 saturated heterocycles. The van der Waals surface area contributed by atoms with E-state index in [1.807, 2.05) is 54.6 Å². The van der Waals surface area contributed by atoms with Crippen LogP contribution in [0.1, 0.15) is 17.2 Å². The summed E-state index contributed by atoms with van der Waals surface area (Å²) in [6, 6.07) is 23.3. The molecule has 2 aliphatic rings. The summed E-state index contributed by atoms with van der Waals surface area (Å²) in [6.07, 6.45) is 0. The molecule has 5 rings (SSSR count). The van der Waals surface area contributed by atoms with Gasteiger partial charge in [-0.15, -0.1) is 0 Å². The van der Waals surface area contributed by atoms with Gasteiger partial charge in [0.05, 0.1) is 11.4 Å². The molecule has 2 aliphatic heterocycles. The van der Waals surface area contributed by atoms with E-state index in [2.05, 4.69) is 10.3 Å². The third-order valence-electron chi connectivity index (χ3n) is 5.03. The Morgan fingerprint density at radius 2 is 1.81 bits per heavy atom. The lowest BCUT2D eigenvalue weighted by Crippen LogP contribution is -2.40. The molecule has 1 N–H and O–H groups in total. The number of nitrogens with one attached hydrogen (secondary N) is 1. The van der Waals surface area contributed by atoms with Crippen LogP contribution in [0, 0.1) is 0 Å². The molecule has 6 nitrogen and oxygen atoms in total. The minimum absolute atomic E-state index is 0.0839. The molecule has 8 heteroatoms. The third-order valence-corrected chi connectivity index (χ3v) is 6.20. The Balaban J connectivity index is 1.40. The Bertz CT molecular complexity index is 1280. The molecule has 0 spiro atoms. The number of carbonyl (C=O) groups is 2. The minimum Gasteiger partial charge on any atom is -0.325 e. The van der Waals surface area contributed by atoms with E-state index < -0.39 is 6.04 Å². The molecule has 0 aromatic heterocycles. The highest BCUT2D eigenvalue weighted by Crippen LogP contribution is 2.37. The number of thioether (sulfide) groups is 1. The van der Waals surface area contributed by atoms with Crippen molar-refractivity contribution >= 4 is 57.6 Å². The lowest BCUT2D eigenvalue weighted by Gasteiger charge is -2.25. The van der Waals surface area contributed by atoms with E-state index in [0.29, 0.717) is 21.7 Å². The first kappa shape index (κ1) is 20.5. The number of amides is 2. The molecule has 0 aliphatic carbocycles.